The van der Waals surface area contributed by atoms with Crippen molar-refractivity contribution in [1.29, 1.82) is 0 Å². The second-order valence-corrected chi connectivity index (χ2v) is 6.55. The first-order chi connectivity index (χ1) is 8.32. The van der Waals surface area contributed by atoms with E-state index in [0.717, 1.165) is 4.31 Å². The smallest absolute Gasteiger partial charge is 0.321 e. The van der Waals surface area contributed by atoms with Crippen LogP contribution in [0.15, 0.2) is 9.00 Å². The molecule has 18 heavy (non-hydrogen) atoms. The van der Waals surface area contributed by atoms with E-state index >= 15 is 0 Å². The topological polar surface area (TPSA) is 96.5 Å². The van der Waals surface area contributed by atoms with Gasteiger partial charge in [-0.2, -0.15) is 4.31 Å². The Morgan fingerprint density at radius 3 is 2.50 bits per heavy atom. The summed E-state index contributed by atoms with van der Waals surface area (Å²) >= 11 is 0.607. The van der Waals surface area contributed by atoms with E-state index in [1.54, 1.807) is 6.92 Å². The van der Waals surface area contributed by atoms with Crippen molar-refractivity contribution < 1.29 is 17.9 Å². The number of hydrogen-bond donors (Lipinski definition) is 1. The van der Waals surface area contributed by atoms with E-state index in [2.05, 4.69) is 9.72 Å². The molecular formula is C9H14N2O5S2. The van der Waals surface area contributed by atoms with Crippen LogP contribution in [0.1, 0.15) is 12.6 Å². The molecule has 1 heterocycles. The van der Waals surface area contributed by atoms with Crippen LogP contribution in [0.3, 0.4) is 0 Å². The van der Waals surface area contributed by atoms with Gasteiger partial charge in [-0.05, 0) is 6.92 Å². The molecule has 0 amide bonds. The van der Waals surface area contributed by atoms with Gasteiger partial charge in [0.15, 0.2) is 4.21 Å². The van der Waals surface area contributed by atoms with Crippen molar-refractivity contribution in [3.8, 4) is 0 Å². The molecular weight excluding hydrogens is 280 g/mol. The van der Waals surface area contributed by atoms with Gasteiger partial charge in [-0.25, -0.2) is 8.42 Å². The summed E-state index contributed by atoms with van der Waals surface area (Å²) in [6.45, 7) is 2.84. The van der Waals surface area contributed by atoms with Gasteiger partial charge in [0.1, 0.15) is 6.54 Å². The Kier molecular flexibility index (Phi) is 4.65. The molecule has 0 saturated carbocycles. The third kappa shape index (κ3) is 2.98. The first kappa shape index (κ1) is 14.9. The van der Waals surface area contributed by atoms with Crippen molar-refractivity contribution in [1.82, 2.24) is 9.29 Å². The molecule has 0 radical (unpaired) electrons. The largest absolute Gasteiger partial charge is 0.468 e. The zero-order valence-electron chi connectivity index (χ0n) is 10.2. The number of nitrogens with zero attached hydrogens (tertiary/aromatic N) is 1. The Labute approximate surface area is 108 Å². The third-order valence-electron chi connectivity index (χ3n) is 2.24. The summed E-state index contributed by atoms with van der Waals surface area (Å²) in [4.78, 5) is 24.2. The maximum atomic E-state index is 12.2. The van der Waals surface area contributed by atoms with E-state index < -0.39 is 20.9 Å². The summed E-state index contributed by atoms with van der Waals surface area (Å²) < 4.78 is 29.8. The summed E-state index contributed by atoms with van der Waals surface area (Å²) in [7, 11) is -2.66. The number of aryl methyl sites for hydroxylation is 1. The second kappa shape index (κ2) is 5.63. The van der Waals surface area contributed by atoms with Crippen molar-refractivity contribution in [3.63, 3.8) is 0 Å². The molecule has 0 fully saturated rings. The zero-order valence-corrected chi connectivity index (χ0v) is 11.9. The predicted molar refractivity (Wildman–Crippen MR) is 66.1 cm³/mol. The maximum absolute atomic E-state index is 12.2. The molecule has 0 atom stereocenters. The van der Waals surface area contributed by atoms with Crippen LogP contribution in [0.25, 0.3) is 0 Å². The minimum Gasteiger partial charge on any atom is -0.468 e. The number of ether oxygens (including phenoxy) is 1. The average Bonchev–Trinajstić information content (AvgIpc) is 2.65. The van der Waals surface area contributed by atoms with Gasteiger partial charge in [-0.15, -0.1) is 0 Å². The number of methoxy groups -OCH3 is 1. The lowest BCUT2D eigenvalue weighted by atomic mass is 10.6. The van der Waals surface area contributed by atoms with Crippen molar-refractivity contribution >= 4 is 27.3 Å². The summed E-state index contributed by atoms with van der Waals surface area (Å²) in [5, 5.41) is 0. The van der Waals surface area contributed by atoms with Gasteiger partial charge < -0.3 is 9.72 Å². The zero-order chi connectivity index (χ0) is 13.9. The van der Waals surface area contributed by atoms with Gasteiger partial charge >= 0.3 is 10.8 Å². The number of aromatic amines is 1. The molecule has 0 aliphatic heterocycles. The van der Waals surface area contributed by atoms with Crippen molar-refractivity contribution in [2.75, 3.05) is 20.2 Å². The Bertz CT molecular complexity index is 586. The SMILES string of the molecule is CCN(CC(=O)OC)S(=O)(=O)c1sc(=O)[nH]c1C. The average molecular weight is 294 g/mol. The molecule has 0 aromatic carbocycles. The second-order valence-electron chi connectivity index (χ2n) is 3.43. The molecule has 1 aromatic heterocycles. The molecule has 7 nitrogen and oxygen atoms in total. The Hall–Kier alpha value is -1.19. The molecule has 1 aromatic rings. The van der Waals surface area contributed by atoms with Crippen LogP contribution >= 0.6 is 11.3 Å². The van der Waals surface area contributed by atoms with Crippen LogP contribution in [-0.2, 0) is 19.6 Å². The molecule has 0 aliphatic rings. The van der Waals surface area contributed by atoms with Crippen LogP contribution in [0.4, 0.5) is 0 Å². The Morgan fingerprint density at radius 1 is 1.50 bits per heavy atom. The standard InChI is InChI=1S/C9H14N2O5S2/c1-4-11(5-7(12)16-3)18(14,15)8-6(2)10-9(13)17-8/h4-5H2,1-3H3,(H,10,13). The fraction of sp³-hybridized carbons (Fsp3) is 0.556. The number of hydrogen-bond acceptors (Lipinski definition) is 6. The molecule has 1 N–H and O–H groups in total. The predicted octanol–water partition coefficient (Wildman–Crippen LogP) is -0.0716. The van der Waals surface area contributed by atoms with Gasteiger partial charge in [-0.3, -0.25) is 9.59 Å². The van der Waals surface area contributed by atoms with Crippen LogP contribution < -0.4 is 4.87 Å². The van der Waals surface area contributed by atoms with Gasteiger partial charge in [0.25, 0.3) is 10.0 Å². The van der Waals surface area contributed by atoms with E-state index in [0.29, 0.717) is 11.3 Å². The maximum Gasteiger partial charge on any atom is 0.321 e. The third-order valence-corrected chi connectivity index (χ3v) is 5.74. The fourth-order valence-corrected chi connectivity index (χ4v) is 4.16. The number of likely N-dealkylation sites (N-methyl/N-ethyl adjacent to an activating group) is 1. The number of rotatable bonds is 5. The fourth-order valence-electron chi connectivity index (χ4n) is 1.33. The van der Waals surface area contributed by atoms with Crippen molar-refractivity contribution in [3.05, 3.63) is 15.4 Å². The lowest BCUT2D eigenvalue weighted by molar-refractivity contribution is -0.140. The van der Waals surface area contributed by atoms with E-state index in [-0.39, 0.29) is 23.0 Å². The molecule has 0 bridgehead atoms. The van der Waals surface area contributed by atoms with E-state index in [1.165, 1.54) is 14.0 Å². The molecule has 0 spiro atoms. The number of nitrogens with one attached hydrogen (secondary N) is 1. The molecule has 1 rings (SSSR count). The number of H-pyrrole nitrogens is 1. The highest BCUT2D eigenvalue weighted by Crippen LogP contribution is 2.20. The van der Waals surface area contributed by atoms with E-state index in [9.17, 15) is 18.0 Å². The van der Waals surface area contributed by atoms with Crippen LogP contribution in [-0.4, -0.2) is 43.9 Å². The molecule has 102 valence electrons. The molecule has 0 aliphatic carbocycles. The van der Waals surface area contributed by atoms with Crippen molar-refractivity contribution in [2.45, 2.75) is 18.1 Å². The molecule has 0 unspecified atom stereocenters. The summed E-state index contributed by atoms with van der Waals surface area (Å²) in [6.07, 6.45) is 0. The van der Waals surface area contributed by atoms with Crippen LogP contribution in [0.2, 0.25) is 0 Å². The summed E-state index contributed by atoms with van der Waals surface area (Å²) in [5.74, 6) is -0.652. The number of thiazole rings is 1. The molecule has 9 heteroatoms. The first-order valence-electron chi connectivity index (χ1n) is 5.09. The Balaban J connectivity index is 3.15. The number of esters is 1. The summed E-state index contributed by atoms with van der Waals surface area (Å²) in [5.41, 5.74) is 0.272. The number of sulfonamides is 1. The minimum absolute atomic E-state index is 0.0711. The molecule has 0 saturated heterocycles. The number of aromatic nitrogens is 1. The highest BCUT2D eigenvalue weighted by molar-refractivity contribution is 7.91. The van der Waals surface area contributed by atoms with Crippen molar-refractivity contribution in [2.24, 2.45) is 0 Å². The van der Waals surface area contributed by atoms with Gasteiger partial charge in [0.05, 0.1) is 7.11 Å². The normalized spacial score (nSPS) is 11.8. The number of carbonyl (C=O) groups excluding carboxylic acids is 1. The number of carbonyl (C=O) groups is 1. The Morgan fingerprint density at radius 2 is 2.11 bits per heavy atom. The lowest BCUT2D eigenvalue weighted by Crippen LogP contribution is -2.35. The van der Waals surface area contributed by atoms with Gasteiger partial charge in [-0.1, -0.05) is 18.3 Å². The lowest BCUT2D eigenvalue weighted by Gasteiger charge is -2.18. The first-order valence-corrected chi connectivity index (χ1v) is 7.35. The van der Waals surface area contributed by atoms with E-state index in [1.807, 2.05) is 0 Å². The summed E-state index contributed by atoms with van der Waals surface area (Å²) in [6, 6.07) is 0. The highest BCUT2D eigenvalue weighted by atomic mass is 32.2. The van der Waals surface area contributed by atoms with Crippen LogP contribution in [0.5, 0.6) is 0 Å². The van der Waals surface area contributed by atoms with E-state index in [4.69, 9.17) is 0 Å². The quantitative estimate of drug-likeness (QED) is 0.767. The monoisotopic (exact) mass is 294 g/mol. The van der Waals surface area contributed by atoms with Gasteiger partial charge in [0.2, 0.25) is 0 Å². The van der Waals surface area contributed by atoms with Crippen LogP contribution in [0, 0.1) is 6.92 Å². The highest BCUT2D eigenvalue weighted by Gasteiger charge is 2.29. The van der Waals surface area contributed by atoms with Gasteiger partial charge in [0, 0.05) is 12.2 Å². The minimum atomic E-state index is -3.85.